The van der Waals surface area contributed by atoms with Crippen molar-refractivity contribution in [1.29, 1.82) is 0 Å². The smallest absolute Gasteiger partial charge is 0.0248 e. The van der Waals surface area contributed by atoms with Crippen LogP contribution in [-0.4, -0.2) is 0 Å². The monoisotopic (exact) mass is 252 g/mol. The molecular weight excluding hydrogens is 236 g/mol. The van der Waals surface area contributed by atoms with Crippen molar-refractivity contribution >= 4 is 16.7 Å². The van der Waals surface area contributed by atoms with Crippen LogP contribution in [0.1, 0.15) is 29.2 Å². The number of rotatable bonds is 1. The van der Waals surface area contributed by atoms with Crippen molar-refractivity contribution in [2.24, 2.45) is 0 Å². The summed E-state index contributed by atoms with van der Waals surface area (Å²) in [5.41, 5.74) is 4.74. The lowest BCUT2D eigenvalue weighted by Crippen LogP contribution is -1.93. The molecule has 1 aromatic carbocycles. The molecule has 1 heterocycles. The lowest BCUT2D eigenvalue weighted by atomic mass is 9.99. The Balaban J connectivity index is 2.53. The molecule has 0 unspecified atom stereocenters. The Kier molecular flexibility index (Phi) is 3.79. The molecule has 1 aliphatic heterocycles. The molecule has 0 saturated heterocycles. The van der Waals surface area contributed by atoms with E-state index in [1.54, 1.807) is 0 Å². The molecule has 0 aromatic heterocycles. The summed E-state index contributed by atoms with van der Waals surface area (Å²) >= 11 is 1.81. The molecule has 0 nitrogen and oxygen atoms in total. The summed E-state index contributed by atoms with van der Waals surface area (Å²) in [6, 6.07) is 4.16. The van der Waals surface area contributed by atoms with Crippen LogP contribution in [0.15, 0.2) is 41.3 Å². The molecule has 1 aromatic rings. The summed E-state index contributed by atoms with van der Waals surface area (Å²) in [4.78, 5) is 2.59. The Morgan fingerprint density at radius 1 is 1.00 bits per heavy atom. The summed E-state index contributed by atoms with van der Waals surface area (Å²) in [6.45, 7) is 6.38. The van der Waals surface area contributed by atoms with Gasteiger partial charge in [-0.3, -0.25) is 0 Å². The summed E-state index contributed by atoms with van der Waals surface area (Å²) in [7, 11) is 0. The molecule has 1 heteroatoms. The van der Waals surface area contributed by atoms with Gasteiger partial charge in [-0.2, -0.15) is 0 Å². The molecule has 0 atom stereocenters. The Morgan fingerprint density at radius 2 is 1.61 bits per heavy atom. The van der Waals surface area contributed by atoms with Gasteiger partial charge in [-0.15, -0.1) is 6.42 Å². The van der Waals surface area contributed by atoms with Gasteiger partial charge in [-0.05, 0) is 60.6 Å². The second-order valence-corrected chi connectivity index (χ2v) is 5.71. The third-order valence-corrected chi connectivity index (χ3v) is 3.92. The number of aryl methyl sites for hydroxylation is 2. The highest BCUT2D eigenvalue weighted by molar-refractivity contribution is 8.11. The van der Waals surface area contributed by atoms with Gasteiger partial charge in [0.1, 0.15) is 0 Å². The molecule has 18 heavy (non-hydrogen) atoms. The first-order valence-corrected chi connectivity index (χ1v) is 6.75. The first-order valence-electron chi connectivity index (χ1n) is 5.93. The highest BCUT2D eigenvalue weighted by atomic mass is 32.2. The fourth-order valence-corrected chi connectivity index (χ4v) is 3.21. The van der Waals surface area contributed by atoms with E-state index in [0.717, 1.165) is 5.56 Å². The Bertz CT molecular complexity index is 584. The topological polar surface area (TPSA) is 0 Å². The predicted octanol–water partition coefficient (Wildman–Crippen LogP) is 4.83. The number of hydrogen-bond donors (Lipinski definition) is 0. The van der Waals surface area contributed by atoms with Crippen LogP contribution in [0.25, 0.3) is 4.91 Å². The Hall–Kier alpha value is -1.65. The summed E-state index contributed by atoms with van der Waals surface area (Å²) < 4.78 is 0. The van der Waals surface area contributed by atoms with E-state index in [9.17, 15) is 0 Å². The molecule has 0 saturated carbocycles. The molecule has 2 rings (SSSR count). The van der Waals surface area contributed by atoms with Crippen molar-refractivity contribution in [1.82, 2.24) is 0 Å². The molecule has 0 N–H and O–H groups in total. The number of thioether (sulfide) groups is 1. The molecule has 1 aliphatic rings. The number of terminal acetylenes is 1. The van der Waals surface area contributed by atoms with Crippen LogP contribution in [0.4, 0.5) is 0 Å². The standard InChI is InChI=1S/C17H16S/c1-5-15-10-12(2)17(13(3)11-15)16-9-7-6-8-14(4)18-16/h1,6-11H,2-4H3. The van der Waals surface area contributed by atoms with Gasteiger partial charge in [0, 0.05) is 10.5 Å². The minimum Gasteiger partial charge on any atom is -0.115 e. The van der Waals surface area contributed by atoms with Gasteiger partial charge in [0.25, 0.3) is 0 Å². The normalized spacial score (nSPS) is 14.6. The van der Waals surface area contributed by atoms with Crippen LogP contribution in [0.2, 0.25) is 0 Å². The van der Waals surface area contributed by atoms with E-state index < -0.39 is 0 Å². The second kappa shape index (κ2) is 5.33. The zero-order valence-electron chi connectivity index (χ0n) is 10.9. The van der Waals surface area contributed by atoms with Crippen molar-refractivity contribution in [3.63, 3.8) is 0 Å². The molecule has 90 valence electrons. The van der Waals surface area contributed by atoms with Crippen LogP contribution in [0.5, 0.6) is 0 Å². The highest BCUT2D eigenvalue weighted by Gasteiger charge is 2.11. The molecule has 0 fully saturated rings. The lowest BCUT2D eigenvalue weighted by molar-refractivity contribution is 1.34. The van der Waals surface area contributed by atoms with Gasteiger partial charge in [0.05, 0.1) is 0 Å². The Labute approximate surface area is 113 Å². The maximum absolute atomic E-state index is 5.47. The number of benzene rings is 1. The minimum atomic E-state index is 0.954. The molecular formula is C17H16S. The van der Waals surface area contributed by atoms with E-state index in [2.05, 4.69) is 63.1 Å². The predicted molar refractivity (Wildman–Crippen MR) is 82.3 cm³/mol. The van der Waals surface area contributed by atoms with E-state index in [0.29, 0.717) is 0 Å². The Morgan fingerprint density at radius 3 is 2.22 bits per heavy atom. The highest BCUT2D eigenvalue weighted by Crippen LogP contribution is 2.38. The average molecular weight is 252 g/mol. The SMILES string of the molecule is C#Cc1cc(C)c(C2=CC=CC=C(C)S2)c(C)c1. The summed E-state index contributed by atoms with van der Waals surface area (Å²) in [5.74, 6) is 2.71. The van der Waals surface area contributed by atoms with Gasteiger partial charge >= 0.3 is 0 Å². The fourth-order valence-electron chi connectivity index (χ4n) is 2.15. The first-order chi connectivity index (χ1) is 8.61. The van der Waals surface area contributed by atoms with Crippen LogP contribution in [0.3, 0.4) is 0 Å². The molecule has 0 spiro atoms. The van der Waals surface area contributed by atoms with E-state index in [1.807, 2.05) is 11.8 Å². The van der Waals surface area contributed by atoms with Crippen molar-refractivity contribution in [2.75, 3.05) is 0 Å². The van der Waals surface area contributed by atoms with Crippen molar-refractivity contribution in [3.05, 3.63) is 63.6 Å². The van der Waals surface area contributed by atoms with Gasteiger partial charge in [-0.1, -0.05) is 35.9 Å². The van der Waals surface area contributed by atoms with E-state index in [-0.39, 0.29) is 0 Å². The van der Waals surface area contributed by atoms with Gasteiger partial charge in [0.2, 0.25) is 0 Å². The lowest BCUT2D eigenvalue weighted by Gasteiger charge is -2.13. The fraction of sp³-hybridized carbons (Fsp3) is 0.176. The van der Waals surface area contributed by atoms with Gasteiger partial charge < -0.3 is 0 Å². The summed E-state index contributed by atoms with van der Waals surface area (Å²) in [6.07, 6.45) is 13.9. The maximum atomic E-state index is 5.47. The second-order valence-electron chi connectivity index (χ2n) is 4.42. The largest absolute Gasteiger partial charge is 0.115 e. The minimum absolute atomic E-state index is 0.954. The summed E-state index contributed by atoms with van der Waals surface area (Å²) in [5, 5.41) is 0. The molecule has 0 amide bonds. The third-order valence-electron chi connectivity index (χ3n) is 2.91. The number of hydrogen-bond acceptors (Lipinski definition) is 1. The zero-order chi connectivity index (χ0) is 13.1. The third kappa shape index (κ3) is 2.60. The zero-order valence-corrected chi connectivity index (χ0v) is 11.8. The van der Waals surface area contributed by atoms with Gasteiger partial charge in [0.15, 0.2) is 0 Å². The van der Waals surface area contributed by atoms with Crippen molar-refractivity contribution in [3.8, 4) is 12.3 Å². The van der Waals surface area contributed by atoms with Crippen LogP contribution < -0.4 is 0 Å². The van der Waals surface area contributed by atoms with E-state index in [4.69, 9.17) is 6.42 Å². The quantitative estimate of drug-likeness (QED) is 0.645. The average Bonchev–Trinajstić information content (AvgIpc) is 2.53. The van der Waals surface area contributed by atoms with E-state index in [1.165, 1.54) is 26.5 Å². The van der Waals surface area contributed by atoms with Crippen LogP contribution in [-0.2, 0) is 0 Å². The van der Waals surface area contributed by atoms with Crippen LogP contribution >= 0.6 is 11.8 Å². The molecule has 0 aliphatic carbocycles. The molecule has 0 radical (unpaired) electrons. The first kappa shape index (κ1) is 12.8. The van der Waals surface area contributed by atoms with Crippen molar-refractivity contribution in [2.45, 2.75) is 20.8 Å². The van der Waals surface area contributed by atoms with Gasteiger partial charge in [-0.25, -0.2) is 0 Å². The molecule has 0 bridgehead atoms. The number of allylic oxidation sites excluding steroid dienone is 5. The van der Waals surface area contributed by atoms with Crippen molar-refractivity contribution < 1.29 is 0 Å². The van der Waals surface area contributed by atoms with E-state index >= 15 is 0 Å². The van der Waals surface area contributed by atoms with Crippen LogP contribution in [0, 0.1) is 26.2 Å². The maximum Gasteiger partial charge on any atom is 0.0248 e.